The van der Waals surface area contributed by atoms with Crippen LogP contribution in [0.5, 0.6) is 11.5 Å². The number of aromatic hydroxyl groups is 2. The molecule has 1 aromatic heterocycles. The van der Waals surface area contributed by atoms with E-state index in [4.69, 9.17) is 21.9 Å². The van der Waals surface area contributed by atoms with Crippen LogP contribution in [0.1, 0.15) is 0 Å². The summed E-state index contributed by atoms with van der Waals surface area (Å²) < 4.78 is 267. The van der Waals surface area contributed by atoms with Gasteiger partial charge in [-0.3, -0.25) is 31.9 Å². The third-order valence-electron chi connectivity index (χ3n) is 9.51. The first-order chi connectivity index (χ1) is 35.5. The van der Waals surface area contributed by atoms with Crippen LogP contribution in [0.3, 0.4) is 0 Å². The molecule has 0 amide bonds. The molecule has 0 saturated heterocycles. The molecule has 0 atom stereocenters. The van der Waals surface area contributed by atoms with Gasteiger partial charge >= 0.3 is 10.4 Å². The Balaban J connectivity index is 1.47. The maximum Gasteiger partial charge on any atom is 0.397 e. The second-order valence-corrected chi connectivity index (χ2v) is 26.7. The normalized spacial score (nSPS) is 13.4. The molecular weight excluding hydrogens is 1240 g/mol. The van der Waals surface area contributed by atoms with Crippen LogP contribution < -0.4 is 16.4 Å². The number of aromatic nitrogens is 3. The highest BCUT2D eigenvalue weighted by Gasteiger charge is 2.30. The van der Waals surface area contributed by atoms with Crippen molar-refractivity contribution in [2.45, 2.75) is 34.3 Å². The molecule has 0 aliphatic rings. The van der Waals surface area contributed by atoms with Crippen molar-refractivity contribution in [1.29, 1.82) is 0 Å². The van der Waals surface area contributed by atoms with E-state index in [1.54, 1.807) is 0 Å². The molecule has 13 N–H and O–H groups in total. The summed E-state index contributed by atoms with van der Waals surface area (Å²) in [6.07, 6.45) is 0. The minimum Gasteiger partial charge on any atom is -0.505 e. The second kappa shape index (κ2) is 21.1. The molecule has 45 heteroatoms. The van der Waals surface area contributed by atoms with Crippen LogP contribution in [0.15, 0.2) is 115 Å². The quantitative estimate of drug-likeness (QED) is 0.0240. The zero-order chi connectivity index (χ0) is 58.7. The van der Waals surface area contributed by atoms with E-state index in [2.05, 4.69) is 50.2 Å². The lowest BCUT2D eigenvalue weighted by Gasteiger charge is -2.14. The predicted molar refractivity (Wildman–Crippen MR) is 259 cm³/mol. The molecule has 0 aliphatic heterocycles. The standard InChI is InChI=1S/C33H27ClN10O26S8/c34-31-38-32(40-33(39-31)37-19-11-16(12-24(29(19)45)77(64,65)66)71(47,48)6-5-70-78(67,68)69)36-14-1-3-20(73(52,53)54)17(9-14)41-43-27-22(75(58,59)60)7-13-8-23(76(61,62)63)28(30(46)25(13)26(27)35)44-42-18-10-15(72(49,50)51)2-4-21(18)74(55,56)57/h1-4,7-12,45-46H,5-6,35H2,(H,49,50,51)(H,52,53,54)(H,55,56,57)(H,58,59,60)(H,61,62,63)(H,64,65,66)(H,67,68,69)(H2,36,37,38,39,40). The number of fused-ring (bicyclic) bond motifs is 1. The maximum atomic E-state index is 13.0. The van der Waals surface area contributed by atoms with E-state index in [9.17, 15) is 105 Å². The van der Waals surface area contributed by atoms with E-state index in [0.717, 1.165) is 6.07 Å². The van der Waals surface area contributed by atoms with Gasteiger partial charge in [-0.05, 0) is 77.7 Å². The number of nitrogens with two attached hydrogens (primary N) is 1. The Bertz CT molecular complexity index is 4570. The van der Waals surface area contributed by atoms with Crippen molar-refractivity contribution in [2.75, 3.05) is 28.7 Å². The van der Waals surface area contributed by atoms with Crippen LogP contribution in [0.25, 0.3) is 10.8 Å². The van der Waals surface area contributed by atoms with Gasteiger partial charge in [-0.1, -0.05) is 0 Å². The van der Waals surface area contributed by atoms with Gasteiger partial charge in [0.15, 0.2) is 21.3 Å². The lowest BCUT2D eigenvalue weighted by molar-refractivity contribution is 0.283. The third kappa shape index (κ3) is 14.1. The van der Waals surface area contributed by atoms with Crippen molar-refractivity contribution in [3.63, 3.8) is 0 Å². The topological polar surface area (TPSA) is 603 Å². The van der Waals surface area contributed by atoms with E-state index in [1.165, 1.54) is 0 Å². The van der Waals surface area contributed by atoms with E-state index in [-0.39, 0.29) is 11.8 Å². The molecule has 6 rings (SSSR count). The lowest BCUT2D eigenvalue weighted by Crippen LogP contribution is -2.16. The Hall–Kier alpha value is -6.86. The van der Waals surface area contributed by atoms with Gasteiger partial charge in [0.2, 0.25) is 17.2 Å². The Morgan fingerprint density at radius 2 is 1.00 bits per heavy atom. The van der Waals surface area contributed by atoms with E-state index >= 15 is 0 Å². The van der Waals surface area contributed by atoms with Crippen LogP contribution in [0.2, 0.25) is 5.28 Å². The fourth-order valence-electron chi connectivity index (χ4n) is 6.29. The number of phenolic OH excluding ortho intramolecular Hbond substituents is 2. The highest BCUT2D eigenvalue weighted by molar-refractivity contribution is 7.91. The number of anilines is 5. The molecule has 6 aromatic rings. The summed E-state index contributed by atoms with van der Waals surface area (Å²) in [5, 5.41) is 38.3. The number of nitrogens with zero attached hydrogens (tertiary/aromatic N) is 7. The van der Waals surface area contributed by atoms with Crippen molar-refractivity contribution < 1.29 is 114 Å². The van der Waals surface area contributed by atoms with Gasteiger partial charge in [0.05, 0.1) is 38.9 Å². The molecule has 5 aromatic carbocycles. The number of phenols is 2. The zero-order valence-electron chi connectivity index (χ0n) is 37.0. The molecule has 420 valence electrons. The van der Waals surface area contributed by atoms with Gasteiger partial charge in [-0.15, -0.1) is 20.5 Å². The monoisotopic (exact) mass is 1270 g/mol. The van der Waals surface area contributed by atoms with Crippen molar-refractivity contribution in [3.8, 4) is 11.5 Å². The predicted octanol–water partition coefficient (Wildman–Crippen LogP) is 3.06. The molecule has 0 radical (unpaired) electrons. The van der Waals surface area contributed by atoms with Gasteiger partial charge in [0, 0.05) is 5.69 Å². The molecular formula is C33H27ClN10O26S8. The molecule has 0 aliphatic carbocycles. The van der Waals surface area contributed by atoms with Gasteiger partial charge in [-0.2, -0.15) is 73.9 Å². The first-order valence-electron chi connectivity index (χ1n) is 19.2. The molecule has 0 saturated carbocycles. The van der Waals surface area contributed by atoms with Gasteiger partial charge in [0.25, 0.3) is 60.7 Å². The van der Waals surface area contributed by atoms with Crippen LogP contribution in [0.4, 0.5) is 51.7 Å². The minimum absolute atomic E-state index is 0.265. The number of nitrogen functional groups attached to an aromatic ring is 1. The summed E-state index contributed by atoms with van der Waals surface area (Å²) in [6.45, 7) is -1.21. The van der Waals surface area contributed by atoms with Crippen molar-refractivity contribution in [1.82, 2.24) is 15.0 Å². The van der Waals surface area contributed by atoms with Crippen molar-refractivity contribution in [2.24, 2.45) is 20.5 Å². The van der Waals surface area contributed by atoms with Gasteiger partial charge in [0.1, 0.15) is 47.2 Å². The van der Waals surface area contributed by atoms with Gasteiger partial charge < -0.3 is 26.6 Å². The SMILES string of the molecule is Nc1c(N=Nc2cc(Nc3nc(Cl)nc(Nc4cc(S(=O)(=O)CCOS(=O)(=O)O)cc(S(=O)(=O)O)c4O)n3)ccc2S(=O)(=O)O)c(S(=O)(=O)O)cc2cc(S(=O)(=O)O)c(N=Nc3cc(S(=O)(=O)O)ccc3S(=O)(=O)O)c(O)c12. The minimum atomic E-state index is -5.63. The van der Waals surface area contributed by atoms with Crippen molar-refractivity contribution >= 4 is 155 Å². The Kier molecular flexibility index (Phi) is 16.3. The molecule has 0 fully saturated rings. The summed E-state index contributed by atoms with van der Waals surface area (Å²) in [5.74, 6) is -5.54. The average Bonchev–Trinajstić information content (AvgIpc) is 3.27. The van der Waals surface area contributed by atoms with Crippen LogP contribution in [-0.2, 0) is 85.1 Å². The molecule has 0 unspecified atom stereocenters. The smallest absolute Gasteiger partial charge is 0.397 e. The van der Waals surface area contributed by atoms with Gasteiger partial charge in [-0.25, -0.2) is 12.6 Å². The number of azo groups is 2. The fraction of sp³-hybridized carbons (Fsp3) is 0.0606. The largest absolute Gasteiger partial charge is 0.505 e. The van der Waals surface area contributed by atoms with Crippen LogP contribution >= 0.6 is 11.6 Å². The Labute approximate surface area is 441 Å². The zero-order valence-corrected chi connectivity index (χ0v) is 44.3. The first-order valence-corrected chi connectivity index (χ1v) is 31.2. The fourth-order valence-corrected chi connectivity index (χ4v) is 11.7. The summed E-state index contributed by atoms with van der Waals surface area (Å²) in [7, 11) is -42.5. The number of halogens is 1. The van der Waals surface area contributed by atoms with E-state index < -0.39 is 201 Å². The molecule has 0 bridgehead atoms. The van der Waals surface area contributed by atoms with E-state index in [0.29, 0.717) is 48.5 Å². The highest BCUT2D eigenvalue weighted by Crippen LogP contribution is 2.49. The number of hydrogen-bond acceptors (Lipinski definition) is 29. The summed E-state index contributed by atoms with van der Waals surface area (Å²) in [6, 6.07) is 4.95. The summed E-state index contributed by atoms with van der Waals surface area (Å²) in [5.41, 5.74) is -0.912. The number of sulfone groups is 1. The number of rotatable bonds is 19. The third-order valence-corrected chi connectivity index (χ3v) is 17.1. The Morgan fingerprint density at radius 1 is 0.513 bits per heavy atom. The Morgan fingerprint density at radius 3 is 1.51 bits per heavy atom. The molecule has 1 heterocycles. The maximum absolute atomic E-state index is 13.0. The molecule has 0 spiro atoms. The number of nitrogens with one attached hydrogen (secondary N) is 2. The average molecular weight is 1270 g/mol. The second-order valence-electron chi connectivity index (χ2n) is 14.8. The van der Waals surface area contributed by atoms with Crippen molar-refractivity contribution in [3.05, 3.63) is 65.9 Å². The molecule has 36 nitrogen and oxygen atoms in total. The number of hydrogen-bond donors (Lipinski definition) is 12. The number of benzene rings is 5. The van der Waals surface area contributed by atoms with Crippen LogP contribution in [-0.4, -0.2) is 137 Å². The van der Waals surface area contributed by atoms with Crippen LogP contribution in [0, 0.1) is 0 Å². The molecule has 78 heavy (non-hydrogen) atoms. The van der Waals surface area contributed by atoms with E-state index in [1.807, 2.05) is 0 Å². The first kappa shape index (κ1) is 60.4. The summed E-state index contributed by atoms with van der Waals surface area (Å²) in [4.78, 5) is 2.58. The highest BCUT2D eigenvalue weighted by atomic mass is 35.5. The lowest BCUT2D eigenvalue weighted by atomic mass is 10.1. The summed E-state index contributed by atoms with van der Waals surface area (Å²) >= 11 is 6.03.